The number of likely N-dealkylation sites (tertiary alicyclic amines) is 2. The number of carbonyl (C=O) groups is 2. The van der Waals surface area contributed by atoms with Crippen LogP contribution in [0.5, 0.6) is 0 Å². The number of nitrogens with zero attached hydrogens (tertiary/aromatic N) is 5. The molecule has 0 radical (unpaired) electrons. The quantitative estimate of drug-likeness (QED) is 0.487. The molecule has 2 fully saturated rings. The number of aromatic nitrogens is 2. The van der Waals surface area contributed by atoms with Crippen LogP contribution in [-0.2, 0) is 17.3 Å². The second-order valence-corrected chi connectivity index (χ2v) is 11.3. The molecule has 2 aromatic carbocycles. The molecular formula is C28H28ClF3N6O2. The summed E-state index contributed by atoms with van der Waals surface area (Å²) in [6.45, 7) is 4.38. The molecule has 3 aliphatic rings. The van der Waals surface area contributed by atoms with Gasteiger partial charge in [-0.15, -0.1) is 0 Å². The van der Waals surface area contributed by atoms with Crippen LogP contribution in [0, 0.1) is 17.5 Å². The van der Waals surface area contributed by atoms with Gasteiger partial charge in [-0.25, -0.2) is 13.2 Å². The van der Waals surface area contributed by atoms with E-state index in [0.717, 1.165) is 30.6 Å². The van der Waals surface area contributed by atoms with Gasteiger partial charge >= 0.3 is 0 Å². The third-order valence-electron chi connectivity index (χ3n) is 8.10. The number of benzene rings is 2. The lowest BCUT2D eigenvalue weighted by Crippen LogP contribution is -2.58. The Balaban J connectivity index is 1.34. The highest BCUT2D eigenvalue weighted by atomic mass is 35.5. The summed E-state index contributed by atoms with van der Waals surface area (Å²) in [5.74, 6) is -2.93. The SMILES string of the molecule is Cn1cc(F)c(N2C[C@](C)(c3cccc(Cl)c3F)c3c(ccc(NC4CN(CC(=O)N5CCC5)C4)c3F)C2=O)n1. The molecule has 4 heterocycles. The first-order valence-corrected chi connectivity index (χ1v) is 13.5. The number of amides is 2. The van der Waals surface area contributed by atoms with Crippen molar-refractivity contribution in [2.45, 2.75) is 24.8 Å². The monoisotopic (exact) mass is 572 g/mol. The van der Waals surface area contributed by atoms with Crippen LogP contribution in [0.15, 0.2) is 36.5 Å². The molecule has 0 unspecified atom stereocenters. The highest BCUT2D eigenvalue weighted by Gasteiger charge is 2.47. The van der Waals surface area contributed by atoms with Gasteiger partial charge in [0.1, 0.15) is 5.82 Å². The van der Waals surface area contributed by atoms with Crippen molar-refractivity contribution in [2.75, 3.05) is 49.5 Å². The number of nitrogens with one attached hydrogen (secondary N) is 1. The van der Waals surface area contributed by atoms with E-state index in [4.69, 9.17) is 11.6 Å². The topological polar surface area (TPSA) is 73.7 Å². The van der Waals surface area contributed by atoms with Gasteiger partial charge in [0.25, 0.3) is 5.91 Å². The van der Waals surface area contributed by atoms with Crippen LogP contribution in [-0.4, -0.2) is 76.7 Å². The third-order valence-corrected chi connectivity index (χ3v) is 8.39. The van der Waals surface area contributed by atoms with Crippen LogP contribution in [0.4, 0.5) is 24.7 Å². The number of hydrogen-bond acceptors (Lipinski definition) is 5. The lowest BCUT2D eigenvalue weighted by molar-refractivity contribution is -0.136. The van der Waals surface area contributed by atoms with Gasteiger partial charge in [0, 0.05) is 61.9 Å². The predicted molar refractivity (Wildman–Crippen MR) is 144 cm³/mol. The van der Waals surface area contributed by atoms with Crippen molar-refractivity contribution in [3.05, 3.63) is 75.7 Å². The molecule has 8 nitrogen and oxygen atoms in total. The van der Waals surface area contributed by atoms with Gasteiger partial charge < -0.3 is 10.2 Å². The minimum absolute atomic E-state index is 0.000367. The van der Waals surface area contributed by atoms with Gasteiger partial charge in [-0.2, -0.15) is 5.10 Å². The average Bonchev–Trinajstić information content (AvgIpc) is 3.19. The molecule has 3 aromatic rings. The van der Waals surface area contributed by atoms with Gasteiger partial charge in [0.05, 0.1) is 29.5 Å². The van der Waals surface area contributed by atoms with Gasteiger partial charge in [0.15, 0.2) is 17.5 Å². The van der Waals surface area contributed by atoms with Crippen molar-refractivity contribution in [3.63, 3.8) is 0 Å². The Bertz CT molecular complexity index is 1520. The minimum Gasteiger partial charge on any atom is -0.377 e. The number of aryl methyl sites for hydroxylation is 1. The van der Waals surface area contributed by atoms with Crippen molar-refractivity contribution >= 4 is 34.9 Å². The van der Waals surface area contributed by atoms with Crippen LogP contribution >= 0.6 is 11.6 Å². The fourth-order valence-electron chi connectivity index (χ4n) is 5.84. The molecule has 210 valence electrons. The predicted octanol–water partition coefficient (Wildman–Crippen LogP) is 3.79. The zero-order valence-corrected chi connectivity index (χ0v) is 22.8. The molecule has 2 saturated heterocycles. The second kappa shape index (κ2) is 9.81. The molecule has 0 saturated carbocycles. The largest absolute Gasteiger partial charge is 0.377 e. The first kappa shape index (κ1) is 26.6. The van der Waals surface area contributed by atoms with Crippen LogP contribution in [0.25, 0.3) is 0 Å². The van der Waals surface area contributed by atoms with E-state index in [1.165, 1.54) is 36.0 Å². The standard InChI is InChI=1S/C28H28ClF3N6O2/c1-28(18-5-3-6-19(29)24(18)31)15-38(26-20(30)13-35(2)34-26)27(40)17-7-8-21(25(32)23(17)28)33-16-11-36(12-16)14-22(39)37-9-4-10-37/h3,5-8,13,16,33H,4,9-12,14-15H2,1-2H3/t28-/m1/s1. The fourth-order valence-corrected chi connectivity index (χ4v) is 6.01. The van der Waals surface area contributed by atoms with Crippen molar-refractivity contribution < 1.29 is 22.8 Å². The summed E-state index contributed by atoms with van der Waals surface area (Å²) in [5.41, 5.74) is -1.21. The van der Waals surface area contributed by atoms with E-state index in [1.807, 2.05) is 9.80 Å². The highest BCUT2D eigenvalue weighted by molar-refractivity contribution is 6.30. The zero-order chi connectivity index (χ0) is 28.3. The molecule has 3 aliphatic heterocycles. The van der Waals surface area contributed by atoms with Crippen LogP contribution < -0.4 is 10.2 Å². The summed E-state index contributed by atoms with van der Waals surface area (Å²) >= 11 is 6.11. The fraction of sp³-hybridized carbons (Fsp3) is 0.393. The second-order valence-electron chi connectivity index (χ2n) is 10.9. The number of anilines is 2. The highest BCUT2D eigenvalue weighted by Crippen LogP contribution is 2.45. The minimum atomic E-state index is -1.43. The molecule has 6 rings (SSSR count). The van der Waals surface area contributed by atoms with E-state index in [2.05, 4.69) is 10.4 Å². The summed E-state index contributed by atoms with van der Waals surface area (Å²) in [6, 6.07) is 7.26. The maximum Gasteiger partial charge on any atom is 0.260 e. The zero-order valence-electron chi connectivity index (χ0n) is 22.1. The van der Waals surface area contributed by atoms with Crippen LogP contribution in [0.2, 0.25) is 5.02 Å². The summed E-state index contributed by atoms with van der Waals surface area (Å²) in [7, 11) is 1.52. The molecule has 1 atom stereocenters. The van der Waals surface area contributed by atoms with E-state index < -0.39 is 28.8 Å². The number of carbonyl (C=O) groups excluding carboxylic acids is 2. The summed E-state index contributed by atoms with van der Waals surface area (Å²) < 4.78 is 47.9. The Morgan fingerprint density at radius 3 is 2.55 bits per heavy atom. The first-order valence-electron chi connectivity index (χ1n) is 13.1. The molecular weight excluding hydrogens is 545 g/mol. The molecule has 2 amide bonds. The maximum absolute atomic E-state index is 16.4. The smallest absolute Gasteiger partial charge is 0.260 e. The lowest BCUT2D eigenvalue weighted by atomic mass is 9.70. The normalized spacial score (nSPS) is 21.2. The van der Waals surface area contributed by atoms with E-state index in [-0.39, 0.29) is 51.7 Å². The first-order chi connectivity index (χ1) is 19.1. The Morgan fingerprint density at radius 2 is 1.90 bits per heavy atom. The summed E-state index contributed by atoms with van der Waals surface area (Å²) in [6.07, 6.45) is 2.16. The van der Waals surface area contributed by atoms with Crippen molar-refractivity contribution in [1.82, 2.24) is 19.6 Å². The summed E-state index contributed by atoms with van der Waals surface area (Å²) in [4.78, 5) is 30.8. The van der Waals surface area contributed by atoms with Gasteiger partial charge in [-0.1, -0.05) is 23.7 Å². The average molecular weight is 573 g/mol. The number of fused-ring (bicyclic) bond motifs is 1. The molecule has 0 bridgehead atoms. The Kier molecular flexibility index (Phi) is 6.53. The van der Waals surface area contributed by atoms with E-state index in [1.54, 1.807) is 13.0 Å². The Hall–Kier alpha value is -3.57. The van der Waals surface area contributed by atoms with E-state index in [0.29, 0.717) is 19.6 Å². The lowest BCUT2D eigenvalue weighted by Gasteiger charge is -2.43. The van der Waals surface area contributed by atoms with E-state index >= 15 is 8.78 Å². The number of rotatable bonds is 6. The molecule has 1 N–H and O–H groups in total. The van der Waals surface area contributed by atoms with Gasteiger partial charge in [-0.05, 0) is 31.5 Å². The van der Waals surface area contributed by atoms with Crippen molar-refractivity contribution in [1.29, 1.82) is 0 Å². The van der Waals surface area contributed by atoms with Gasteiger partial charge in [0.2, 0.25) is 5.91 Å². The van der Waals surface area contributed by atoms with Crippen LogP contribution in [0.1, 0.15) is 34.8 Å². The molecule has 0 aliphatic carbocycles. The molecule has 12 heteroatoms. The number of hydrogen-bond donors (Lipinski definition) is 1. The number of halogens is 4. The molecule has 0 spiro atoms. The van der Waals surface area contributed by atoms with Gasteiger partial charge in [-0.3, -0.25) is 24.1 Å². The summed E-state index contributed by atoms with van der Waals surface area (Å²) in [5, 5.41) is 7.12. The molecule has 1 aromatic heterocycles. The van der Waals surface area contributed by atoms with Crippen molar-refractivity contribution in [3.8, 4) is 0 Å². The molecule has 40 heavy (non-hydrogen) atoms. The van der Waals surface area contributed by atoms with Crippen LogP contribution in [0.3, 0.4) is 0 Å². The Labute approximate surface area is 234 Å². The van der Waals surface area contributed by atoms with E-state index in [9.17, 15) is 14.0 Å². The van der Waals surface area contributed by atoms with Crippen molar-refractivity contribution in [2.24, 2.45) is 7.05 Å². The Morgan fingerprint density at radius 1 is 1.15 bits per heavy atom. The maximum atomic E-state index is 16.4. The third kappa shape index (κ3) is 4.32.